The SMILES string of the molecule is COc1ccc(CN2CCO[C@](COc3cccc(Cl)c3)(CC(N)=O)C2)cc1O. The normalized spacial score (nSPS) is 19.7. The molecule has 1 saturated heterocycles. The van der Waals surface area contributed by atoms with E-state index in [1.807, 2.05) is 6.07 Å². The summed E-state index contributed by atoms with van der Waals surface area (Å²) in [6.07, 6.45) is 0.0396. The zero-order valence-corrected chi connectivity index (χ0v) is 17.0. The first kappa shape index (κ1) is 21.2. The minimum Gasteiger partial charge on any atom is -0.504 e. The van der Waals surface area contributed by atoms with Crippen LogP contribution < -0.4 is 15.2 Å². The summed E-state index contributed by atoms with van der Waals surface area (Å²) >= 11 is 6.01. The average molecular weight is 421 g/mol. The van der Waals surface area contributed by atoms with E-state index in [1.165, 1.54) is 7.11 Å². The number of halogens is 1. The highest BCUT2D eigenvalue weighted by atomic mass is 35.5. The molecule has 1 fully saturated rings. The molecule has 1 heterocycles. The van der Waals surface area contributed by atoms with Crippen LogP contribution in [-0.4, -0.2) is 54.9 Å². The van der Waals surface area contributed by atoms with E-state index in [0.717, 1.165) is 5.56 Å². The largest absolute Gasteiger partial charge is 0.504 e. The van der Waals surface area contributed by atoms with Crippen molar-refractivity contribution in [2.24, 2.45) is 5.73 Å². The van der Waals surface area contributed by atoms with Crippen LogP contribution in [0.25, 0.3) is 0 Å². The number of amides is 1. The van der Waals surface area contributed by atoms with Crippen molar-refractivity contribution < 1.29 is 24.1 Å². The number of nitrogens with two attached hydrogens (primary N) is 1. The fourth-order valence-corrected chi connectivity index (χ4v) is 3.67. The van der Waals surface area contributed by atoms with Gasteiger partial charge in [-0.15, -0.1) is 0 Å². The summed E-state index contributed by atoms with van der Waals surface area (Å²) in [5.74, 6) is 0.658. The number of carbonyl (C=O) groups is 1. The summed E-state index contributed by atoms with van der Waals surface area (Å²) in [5.41, 5.74) is 5.56. The molecule has 3 N–H and O–H groups in total. The Morgan fingerprint density at radius 3 is 2.86 bits per heavy atom. The second-order valence-corrected chi connectivity index (χ2v) is 7.57. The van der Waals surface area contributed by atoms with Gasteiger partial charge in [0.25, 0.3) is 0 Å². The highest BCUT2D eigenvalue weighted by molar-refractivity contribution is 6.30. The van der Waals surface area contributed by atoms with Crippen LogP contribution in [0.1, 0.15) is 12.0 Å². The van der Waals surface area contributed by atoms with E-state index in [1.54, 1.807) is 36.4 Å². The highest BCUT2D eigenvalue weighted by Gasteiger charge is 2.39. The number of hydrogen-bond donors (Lipinski definition) is 2. The van der Waals surface area contributed by atoms with Gasteiger partial charge in [0.2, 0.25) is 5.91 Å². The number of primary amides is 1. The van der Waals surface area contributed by atoms with Gasteiger partial charge < -0.3 is 25.1 Å². The number of phenolic OH excluding ortho intramolecular Hbond substituents is 1. The van der Waals surface area contributed by atoms with Crippen LogP contribution in [0.15, 0.2) is 42.5 Å². The number of ether oxygens (including phenoxy) is 3. The topological polar surface area (TPSA) is 94.3 Å². The number of carbonyl (C=O) groups excluding carboxylic acids is 1. The number of morpholine rings is 1. The summed E-state index contributed by atoms with van der Waals surface area (Å²) in [6, 6.07) is 12.4. The lowest BCUT2D eigenvalue weighted by molar-refractivity contribution is -0.148. The van der Waals surface area contributed by atoms with Gasteiger partial charge in [0.1, 0.15) is 18.0 Å². The van der Waals surface area contributed by atoms with Crippen molar-refractivity contribution in [3.8, 4) is 17.2 Å². The molecule has 0 aliphatic carbocycles. The fraction of sp³-hybridized carbons (Fsp3) is 0.381. The third-order valence-electron chi connectivity index (χ3n) is 4.77. The summed E-state index contributed by atoms with van der Waals surface area (Å²) in [4.78, 5) is 13.9. The molecular formula is C21H25ClN2O5. The minimum atomic E-state index is -0.860. The van der Waals surface area contributed by atoms with E-state index in [2.05, 4.69) is 4.90 Å². The minimum absolute atomic E-state index is 0.0396. The lowest BCUT2D eigenvalue weighted by Crippen LogP contribution is -2.56. The van der Waals surface area contributed by atoms with E-state index in [4.69, 9.17) is 31.5 Å². The molecule has 8 heteroatoms. The third-order valence-corrected chi connectivity index (χ3v) is 5.01. The van der Waals surface area contributed by atoms with Crippen molar-refractivity contribution in [1.29, 1.82) is 0 Å². The Morgan fingerprint density at radius 1 is 1.34 bits per heavy atom. The molecule has 156 valence electrons. The van der Waals surface area contributed by atoms with Gasteiger partial charge in [0.15, 0.2) is 11.5 Å². The molecule has 0 unspecified atom stereocenters. The average Bonchev–Trinajstić information content (AvgIpc) is 2.66. The molecule has 0 bridgehead atoms. The van der Waals surface area contributed by atoms with Gasteiger partial charge in [-0.3, -0.25) is 9.69 Å². The van der Waals surface area contributed by atoms with E-state index >= 15 is 0 Å². The second kappa shape index (κ2) is 9.35. The first-order valence-electron chi connectivity index (χ1n) is 9.28. The summed E-state index contributed by atoms with van der Waals surface area (Å²) in [6.45, 7) is 2.33. The van der Waals surface area contributed by atoms with Gasteiger partial charge in [-0.1, -0.05) is 23.7 Å². The molecule has 0 radical (unpaired) electrons. The van der Waals surface area contributed by atoms with Gasteiger partial charge in [-0.25, -0.2) is 0 Å². The number of benzene rings is 2. The fourth-order valence-electron chi connectivity index (χ4n) is 3.48. The molecule has 7 nitrogen and oxygen atoms in total. The van der Waals surface area contributed by atoms with Crippen LogP contribution in [0.4, 0.5) is 0 Å². The monoisotopic (exact) mass is 420 g/mol. The Kier molecular flexibility index (Phi) is 6.84. The van der Waals surface area contributed by atoms with Crippen molar-refractivity contribution >= 4 is 17.5 Å². The predicted octanol–water partition coefficient (Wildman–Crippen LogP) is 2.58. The smallest absolute Gasteiger partial charge is 0.220 e. The van der Waals surface area contributed by atoms with E-state index in [9.17, 15) is 9.90 Å². The molecule has 0 aromatic heterocycles. The summed E-state index contributed by atoms with van der Waals surface area (Å²) < 4.78 is 17.0. The first-order valence-corrected chi connectivity index (χ1v) is 9.66. The summed E-state index contributed by atoms with van der Waals surface area (Å²) in [5, 5.41) is 10.6. The lowest BCUT2D eigenvalue weighted by Gasteiger charge is -2.42. The molecule has 2 aromatic carbocycles. The Bertz CT molecular complexity index is 863. The first-order chi connectivity index (χ1) is 13.9. The third kappa shape index (κ3) is 5.76. The molecule has 1 aliphatic heterocycles. The molecule has 0 saturated carbocycles. The maximum atomic E-state index is 11.7. The zero-order chi connectivity index (χ0) is 20.9. The molecule has 1 atom stereocenters. The van der Waals surface area contributed by atoms with Gasteiger partial charge in [-0.2, -0.15) is 0 Å². The summed E-state index contributed by atoms with van der Waals surface area (Å²) in [7, 11) is 1.51. The van der Waals surface area contributed by atoms with Gasteiger partial charge in [0.05, 0.1) is 20.1 Å². The number of rotatable bonds is 8. The molecule has 3 rings (SSSR count). The van der Waals surface area contributed by atoms with Crippen molar-refractivity contribution in [3.63, 3.8) is 0 Å². The second-order valence-electron chi connectivity index (χ2n) is 7.14. The van der Waals surface area contributed by atoms with Crippen molar-refractivity contribution in [1.82, 2.24) is 4.90 Å². The predicted molar refractivity (Wildman–Crippen MR) is 109 cm³/mol. The number of nitrogens with zero attached hydrogens (tertiary/aromatic N) is 1. The number of aromatic hydroxyl groups is 1. The molecule has 1 aliphatic rings. The van der Waals surface area contributed by atoms with Gasteiger partial charge >= 0.3 is 0 Å². The molecule has 1 amide bonds. The Balaban J connectivity index is 1.71. The van der Waals surface area contributed by atoms with Gasteiger partial charge in [0, 0.05) is 24.7 Å². The van der Waals surface area contributed by atoms with E-state index < -0.39 is 11.5 Å². The van der Waals surface area contributed by atoms with E-state index in [0.29, 0.717) is 42.8 Å². The standard InChI is InChI=1S/C21H25ClN2O5/c1-27-19-6-5-15(9-18(19)25)12-24-7-8-29-21(13-24,11-20(23)26)14-28-17-4-2-3-16(22)10-17/h2-6,9-10,25H,7-8,11-14H2,1H3,(H2,23,26)/t21-/m1/s1. The van der Waals surface area contributed by atoms with Crippen LogP contribution in [0.3, 0.4) is 0 Å². The van der Waals surface area contributed by atoms with Crippen molar-refractivity contribution in [2.75, 3.05) is 33.4 Å². The van der Waals surface area contributed by atoms with Crippen molar-refractivity contribution in [3.05, 3.63) is 53.1 Å². The number of methoxy groups -OCH3 is 1. The molecule has 2 aromatic rings. The lowest BCUT2D eigenvalue weighted by atomic mass is 9.97. The Morgan fingerprint density at radius 2 is 2.17 bits per heavy atom. The Hall–Kier alpha value is -2.48. The molecule has 0 spiro atoms. The maximum absolute atomic E-state index is 11.7. The van der Waals surface area contributed by atoms with Crippen LogP contribution in [-0.2, 0) is 16.1 Å². The van der Waals surface area contributed by atoms with Gasteiger partial charge in [-0.05, 0) is 35.9 Å². The molecular weight excluding hydrogens is 396 g/mol. The highest BCUT2D eigenvalue weighted by Crippen LogP contribution is 2.29. The van der Waals surface area contributed by atoms with Crippen LogP contribution >= 0.6 is 11.6 Å². The van der Waals surface area contributed by atoms with Crippen LogP contribution in [0, 0.1) is 0 Å². The van der Waals surface area contributed by atoms with Crippen molar-refractivity contribution in [2.45, 2.75) is 18.6 Å². The van der Waals surface area contributed by atoms with Crippen LogP contribution in [0.5, 0.6) is 17.2 Å². The number of hydrogen-bond acceptors (Lipinski definition) is 6. The quantitative estimate of drug-likeness (QED) is 0.681. The number of phenols is 1. The van der Waals surface area contributed by atoms with Crippen LogP contribution in [0.2, 0.25) is 5.02 Å². The molecule has 29 heavy (non-hydrogen) atoms. The maximum Gasteiger partial charge on any atom is 0.220 e. The zero-order valence-electron chi connectivity index (χ0n) is 16.3. The Labute approximate surface area is 174 Å². The van der Waals surface area contributed by atoms with E-state index in [-0.39, 0.29) is 18.8 Å².